The van der Waals surface area contributed by atoms with Crippen molar-refractivity contribution in [3.8, 4) is 11.4 Å². The van der Waals surface area contributed by atoms with Gasteiger partial charge in [-0.25, -0.2) is 0 Å². The van der Waals surface area contributed by atoms with Crippen LogP contribution in [0.2, 0.25) is 0 Å². The number of carboxylic acid groups (broad SMARTS) is 1. The summed E-state index contributed by atoms with van der Waals surface area (Å²) in [5.74, 6) is -0.752. The van der Waals surface area contributed by atoms with E-state index in [1.807, 2.05) is 24.4 Å². The van der Waals surface area contributed by atoms with Gasteiger partial charge in [0.05, 0.1) is 11.4 Å². The molecule has 1 N–H and O–H groups in total. The van der Waals surface area contributed by atoms with Gasteiger partial charge < -0.3 is 5.11 Å². The summed E-state index contributed by atoms with van der Waals surface area (Å²) < 4.78 is 0. The Morgan fingerprint density at radius 3 is 2.71 bits per heavy atom. The zero-order valence-electron chi connectivity index (χ0n) is 12.5. The Labute approximate surface area is 124 Å². The molecule has 0 amide bonds. The monoisotopic (exact) mass is 284 g/mol. The molecule has 4 heteroatoms. The van der Waals surface area contributed by atoms with Crippen LogP contribution in [-0.2, 0) is 17.6 Å². The summed E-state index contributed by atoms with van der Waals surface area (Å²) in [6.45, 7) is 4.20. The number of aryl methyl sites for hydroxylation is 2. The van der Waals surface area contributed by atoms with Crippen LogP contribution >= 0.6 is 0 Å². The highest BCUT2D eigenvalue weighted by Gasteiger charge is 2.09. The summed E-state index contributed by atoms with van der Waals surface area (Å²) in [5, 5.41) is 8.70. The average Bonchev–Trinajstić information content (AvgIpc) is 2.47. The third-order valence-electron chi connectivity index (χ3n) is 3.57. The van der Waals surface area contributed by atoms with Crippen LogP contribution in [0.4, 0.5) is 0 Å². The van der Waals surface area contributed by atoms with Crippen molar-refractivity contribution in [3.63, 3.8) is 0 Å². The van der Waals surface area contributed by atoms with Crippen LogP contribution in [0.3, 0.4) is 0 Å². The van der Waals surface area contributed by atoms with Crippen molar-refractivity contribution in [2.75, 3.05) is 0 Å². The van der Waals surface area contributed by atoms with Gasteiger partial charge in [-0.05, 0) is 61.1 Å². The smallest absolute Gasteiger partial charge is 0.303 e. The molecule has 0 aliphatic rings. The van der Waals surface area contributed by atoms with Crippen LogP contribution in [0.5, 0.6) is 0 Å². The molecule has 0 spiro atoms. The first kappa shape index (κ1) is 15.2. The van der Waals surface area contributed by atoms with E-state index in [0.29, 0.717) is 6.42 Å². The Hall–Kier alpha value is -2.23. The summed E-state index contributed by atoms with van der Waals surface area (Å²) in [4.78, 5) is 19.5. The van der Waals surface area contributed by atoms with Crippen molar-refractivity contribution in [2.45, 2.75) is 39.5 Å². The molecule has 4 nitrogen and oxygen atoms in total. The zero-order valence-corrected chi connectivity index (χ0v) is 12.5. The van der Waals surface area contributed by atoms with E-state index in [0.717, 1.165) is 29.8 Å². The SMILES string of the molecule is CCc1c(C)ccnc1-c1cc(CCCC(=O)O)ccn1. The fraction of sp³-hybridized carbons (Fsp3) is 0.353. The number of aliphatic carboxylic acids is 1. The summed E-state index contributed by atoms with van der Waals surface area (Å²) in [6, 6.07) is 5.97. The maximum atomic E-state index is 10.6. The topological polar surface area (TPSA) is 63.1 Å². The minimum absolute atomic E-state index is 0.195. The molecule has 21 heavy (non-hydrogen) atoms. The fourth-order valence-electron chi connectivity index (χ4n) is 2.46. The number of carbonyl (C=O) groups is 1. The number of hydrogen-bond acceptors (Lipinski definition) is 3. The lowest BCUT2D eigenvalue weighted by atomic mass is 10.0. The van der Waals surface area contributed by atoms with Crippen LogP contribution in [0, 0.1) is 6.92 Å². The molecule has 0 aliphatic carbocycles. The van der Waals surface area contributed by atoms with E-state index in [-0.39, 0.29) is 6.42 Å². The van der Waals surface area contributed by atoms with E-state index in [1.54, 1.807) is 6.20 Å². The van der Waals surface area contributed by atoms with Crippen LogP contribution in [0.25, 0.3) is 11.4 Å². The van der Waals surface area contributed by atoms with Crippen LogP contribution in [0.15, 0.2) is 30.6 Å². The molecule has 0 aliphatic heterocycles. The number of rotatable bonds is 6. The van der Waals surface area contributed by atoms with E-state index < -0.39 is 5.97 Å². The molecular weight excluding hydrogens is 264 g/mol. The Morgan fingerprint density at radius 2 is 2.00 bits per heavy atom. The number of nitrogens with zero attached hydrogens (tertiary/aromatic N) is 2. The van der Waals surface area contributed by atoms with Crippen molar-refractivity contribution in [1.82, 2.24) is 9.97 Å². The highest BCUT2D eigenvalue weighted by Crippen LogP contribution is 2.23. The lowest BCUT2D eigenvalue weighted by molar-refractivity contribution is -0.137. The first-order valence-corrected chi connectivity index (χ1v) is 7.23. The number of pyridine rings is 2. The van der Waals surface area contributed by atoms with Gasteiger partial charge in [0.1, 0.15) is 0 Å². The van der Waals surface area contributed by atoms with Crippen molar-refractivity contribution >= 4 is 5.97 Å². The summed E-state index contributed by atoms with van der Waals surface area (Å²) >= 11 is 0. The predicted molar refractivity (Wildman–Crippen MR) is 82.2 cm³/mol. The van der Waals surface area contributed by atoms with Gasteiger partial charge >= 0.3 is 5.97 Å². The second kappa shape index (κ2) is 6.97. The zero-order chi connectivity index (χ0) is 15.2. The third-order valence-corrected chi connectivity index (χ3v) is 3.57. The molecule has 0 radical (unpaired) electrons. The van der Waals surface area contributed by atoms with Crippen molar-refractivity contribution in [3.05, 3.63) is 47.3 Å². The van der Waals surface area contributed by atoms with Crippen LogP contribution in [0.1, 0.15) is 36.5 Å². The molecule has 2 heterocycles. The van der Waals surface area contributed by atoms with Gasteiger partial charge in [-0.15, -0.1) is 0 Å². The Kier molecular flexibility index (Phi) is 5.04. The quantitative estimate of drug-likeness (QED) is 0.882. The van der Waals surface area contributed by atoms with Gasteiger partial charge in [-0.2, -0.15) is 0 Å². The molecule has 0 saturated heterocycles. The molecule has 0 saturated carbocycles. The Balaban J connectivity index is 2.25. The van der Waals surface area contributed by atoms with Gasteiger partial charge in [-0.1, -0.05) is 6.92 Å². The molecule has 110 valence electrons. The van der Waals surface area contributed by atoms with Gasteiger partial charge in [0.2, 0.25) is 0 Å². The van der Waals surface area contributed by atoms with Gasteiger partial charge in [-0.3, -0.25) is 14.8 Å². The Bertz CT molecular complexity index is 638. The second-order valence-corrected chi connectivity index (χ2v) is 5.11. The number of carboxylic acids is 1. The number of hydrogen-bond donors (Lipinski definition) is 1. The molecule has 0 fully saturated rings. The van der Waals surface area contributed by atoms with E-state index in [2.05, 4.69) is 23.8 Å². The average molecular weight is 284 g/mol. The molecule has 2 aromatic heterocycles. The van der Waals surface area contributed by atoms with E-state index in [9.17, 15) is 4.79 Å². The summed E-state index contributed by atoms with van der Waals surface area (Å²) in [6.07, 6.45) is 6.08. The maximum Gasteiger partial charge on any atom is 0.303 e. The largest absolute Gasteiger partial charge is 0.481 e. The third kappa shape index (κ3) is 3.88. The summed E-state index contributed by atoms with van der Waals surface area (Å²) in [7, 11) is 0. The molecule has 0 unspecified atom stereocenters. The van der Waals surface area contributed by atoms with E-state index in [4.69, 9.17) is 5.11 Å². The van der Waals surface area contributed by atoms with Crippen LogP contribution < -0.4 is 0 Å². The molecular formula is C17H20N2O2. The van der Waals surface area contributed by atoms with Gasteiger partial charge in [0.15, 0.2) is 0 Å². The highest BCUT2D eigenvalue weighted by molar-refractivity contribution is 5.66. The van der Waals surface area contributed by atoms with Gasteiger partial charge in [0.25, 0.3) is 0 Å². The van der Waals surface area contributed by atoms with Gasteiger partial charge in [0, 0.05) is 18.8 Å². The van der Waals surface area contributed by atoms with Crippen molar-refractivity contribution in [1.29, 1.82) is 0 Å². The lowest BCUT2D eigenvalue weighted by Crippen LogP contribution is -1.99. The second-order valence-electron chi connectivity index (χ2n) is 5.11. The molecule has 0 atom stereocenters. The molecule has 2 rings (SSSR count). The number of aromatic nitrogens is 2. The minimum atomic E-state index is -0.752. The highest BCUT2D eigenvalue weighted by atomic mass is 16.4. The molecule has 2 aromatic rings. The molecule has 0 aromatic carbocycles. The standard InChI is InChI=1S/C17H20N2O2/c1-3-14-12(2)7-9-19-17(14)15-11-13(8-10-18-15)5-4-6-16(20)21/h7-11H,3-6H2,1-2H3,(H,20,21). The first-order valence-electron chi connectivity index (χ1n) is 7.23. The first-order chi connectivity index (χ1) is 10.1. The van der Waals surface area contributed by atoms with E-state index >= 15 is 0 Å². The Morgan fingerprint density at radius 1 is 1.24 bits per heavy atom. The van der Waals surface area contributed by atoms with Crippen LogP contribution in [-0.4, -0.2) is 21.0 Å². The summed E-state index contributed by atoms with van der Waals surface area (Å²) in [5.41, 5.74) is 5.33. The molecule has 0 bridgehead atoms. The van der Waals surface area contributed by atoms with Crippen molar-refractivity contribution < 1.29 is 9.90 Å². The maximum absolute atomic E-state index is 10.6. The lowest BCUT2D eigenvalue weighted by Gasteiger charge is -2.10. The predicted octanol–water partition coefficient (Wildman–Crippen LogP) is 3.42. The minimum Gasteiger partial charge on any atom is -0.481 e. The normalized spacial score (nSPS) is 10.6. The fourth-order valence-corrected chi connectivity index (χ4v) is 2.46. The van der Waals surface area contributed by atoms with Crippen molar-refractivity contribution in [2.24, 2.45) is 0 Å². The van der Waals surface area contributed by atoms with E-state index in [1.165, 1.54) is 11.1 Å².